The highest BCUT2D eigenvalue weighted by Crippen LogP contribution is 2.00. The first kappa shape index (κ1) is 11.2. The molecule has 15 heavy (non-hydrogen) atoms. The highest BCUT2D eigenvalue weighted by Gasteiger charge is 2.11. The van der Waals surface area contributed by atoms with Crippen LogP contribution in [0.3, 0.4) is 0 Å². The fourth-order valence-electron chi connectivity index (χ4n) is 1.00. The van der Waals surface area contributed by atoms with Gasteiger partial charge in [0.2, 0.25) is 0 Å². The number of H-pyrrole nitrogens is 1. The van der Waals surface area contributed by atoms with Crippen LogP contribution in [-0.2, 0) is 4.79 Å². The normalized spacial score (nSPS) is 12.1. The first-order chi connectivity index (χ1) is 7.11. The third kappa shape index (κ3) is 3.41. The lowest BCUT2D eigenvalue weighted by Crippen LogP contribution is -2.27. The van der Waals surface area contributed by atoms with Crippen LogP contribution in [0.25, 0.3) is 0 Å². The van der Waals surface area contributed by atoms with Crippen LogP contribution < -0.4 is 5.32 Å². The van der Waals surface area contributed by atoms with E-state index >= 15 is 0 Å². The number of hydrogen-bond acceptors (Lipinski definition) is 3. The zero-order valence-electron chi connectivity index (χ0n) is 8.36. The van der Waals surface area contributed by atoms with Gasteiger partial charge in [-0.15, -0.1) is 0 Å². The van der Waals surface area contributed by atoms with Crippen molar-refractivity contribution >= 4 is 11.9 Å². The van der Waals surface area contributed by atoms with Crippen LogP contribution in [0.15, 0.2) is 12.3 Å². The van der Waals surface area contributed by atoms with E-state index in [1.54, 1.807) is 13.0 Å². The van der Waals surface area contributed by atoms with E-state index in [4.69, 9.17) is 5.11 Å². The number of rotatable bonds is 5. The van der Waals surface area contributed by atoms with Crippen molar-refractivity contribution in [3.05, 3.63) is 18.0 Å². The number of aromatic nitrogens is 2. The summed E-state index contributed by atoms with van der Waals surface area (Å²) in [6, 6.07) is 1.55. The van der Waals surface area contributed by atoms with E-state index < -0.39 is 11.9 Å². The second kappa shape index (κ2) is 5.14. The maximum Gasteiger partial charge on any atom is 0.306 e. The number of amides is 1. The van der Waals surface area contributed by atoms with Crippen molar-refractivity contribution < 1.29 is 14.7 Å². The number of carbonyl (C=O) groups excluding carboxylic acids is 1. The number of nitrogens with one attached hydrogen (secondary N) is 2. The van der Waals surface area contributed by atoms with Crippen LogP contribution in [0.4, 0.5) is 0 Å². The van der Waals surface area contributed by atoms with Gasteiger partial charge in [0.15, 0.2) is 0 Å². The number of aromatic amines is 1. The summed E-state index contributed by atoms with van der Waals surface area (Å²) in [5, 5.41) is 17.4. The molecular formula is C9H13N3O3. The van der Waals surface area contributed by atoms with E-state index in [1.165, 1.54) is 6.20 Å². The molecule has 0 aromatic carbocycles. The molecule has 0 radical (unpaired) electrons. The Hall–Kier alpha value is -1.85. The van der Waals surface area contributed by atoms with Gasteiger partial charge in [0.05, 0.1) is 5.92 Å². The molecule has 82 valence electrons. The Morgan fingerprint density at radius 2 is 2.40 bits per heavy atom. The fourth-order valence-corrected chi connectivity index (χ4v) is 1.00. The van der Waals surface area contributed by atoms with E-state index in [2.05, 4.69) is 15.5 Å². The molecule has 0 bridgehead atoms. The minimum Gasteiger partial charge on any atom is -0.481 e. The minimum absolute atomic E-state index is 0.273. The van der Waals surface area contributed by atoms with Crippen molar-refractivity contribution in [1.82, 2.24) is 15.5 Å². The second-order valence-corrected chi connectivity index (χ2v) is 3.25. The van der Waals surface area contributed by atoms with E-state index in [1.807, 2.05) is 0 Å². The molecule has 6 heteroatoms. The quantitative estimate of drug-likeness (QED) is 0.650. The number of carboxylic acid groups (broad SMARTS) is 1. The van der Waals surface area contributed by atoms with Crippen molar-refractivity contribution in [1.29, 1.82) is 0 Å². The van der Waals surface area contributed by atoms with Crippen LogP contribution in [0.5, 0.6) is 0 Å². The Balaban J connectivity index is 2.27. The molecule has 1 amide bonds. The minimum atomic E-state index is -0.856. The standard InChI is InChI=1S/C9H13N3O3/c1-6(9(14)15)2-4-10-8(13)7-3-5-11-12-7/h3,5-6H,2,4H2,1H3,(H,10,13)(H,11,12)(H,14,15). The molecule has 1 unspecified atom stereocenters. The lowest BCUT2D eigenvalue weighted by molar-refractivity contribution is -0.141. The Morgan fingerprint density at radius 3 is 2.93 bits per heavy atom. The molecule has 6 nitrogen and oxygen atoms in total. The number of carbonyl (C=O) groups is 2. The van der Waals surface area contributed by atoms with Crippen LogP contribution in [0.1, 0.15) is 23.8 Å². The third-order valence-corrected chi connectivity index (χ3v) is 2.03. The molecule has 3 N–H and O–H groups in total. The summed E-state index contributed by atoms with van der Waals surface area (Å²) in [5.41, 5.74) is 0.373. The molecular weight excluding hydrogens is 198 g/mol. The fraction of sp³-hybridized carbons (Fsp3) is 0.444. The van der Waals surface area contributed by atoms with Crippen molar-refractivity contribution in [2.24, 2.45) is 5.92 Å². The highest BCUT2D eigenvalue weighted by molar-refractivity contribution is 5.92. The lowest BCUT2D eigenvalue weighted by atomic mass is 10.1. The van der Waals surface area contributed by atoms with Gasteiger partial charge in [0.25, 0.3) is 5.91 Å². The first-order valence-electron chi connectivity index (χ1n) is 4.61. The summed E-state index contributed by atoms with van der Waals surface area (Å²) in [7, 11) is 0. The van der Waals surface area contributed by atoms with E-state index in [0.29, 0.717) is 18.7 Å². The Labute approximate surface area is 86.7 Å². The number of aliphatic carboxylic acids is 1. The van der Waals surface area contributed by atoms with Crippen molar-refractivity contribution in [3.8, 4) is 0 Å². The largest absolute Gasteiger partial charge is 0.481 e. The van der Waals surface area contributed by atoms with Gasteiger partial charge >= 0.3 is 5.97 Å². The summed E-state index contributed by atoms with van der Waals surface area (Å²) < 4.78 is 0. The molecule has 0 fully saturated rings. The molecule has 0 saturated carbocycles. The summed E-state index contributed by atoms with van der Waals surface area (Å²) >= 11 is 0. The lowest BCUT2D eigenvalue weighted by Gasteiger charge is -2.06. The average Bonchev–Trinajstić information content (AvgIpc) is 2.70. The molecule has 1 aromatic heterocycles. The van der Waals surface area contributed by atoms with Gasteiger partial charge in [-0.25, -0.2) is 0 Å². The van der Waals surface area contributed by atoms with Crippen LogP contribution in [-0.4, -0.2) is 33.7 Å². The van der Waals surface area contributed by atoms with E-state index in [-0.39, 0.29) is 5.91 Å². The van der Waals surface area contributed by atoms with E-state index in [9.17, 15) is 9.59 Å². The molecule has 0 spiro atoms. The predicted octanol–water partition coefficient (Wildman–Crippen LogP) is 0.250. The Morgan fingerprint density at radius 1 is 1.67 bits per heavy atom. The maximum absolute atomic E-state index is 11.3. The molecule has 1 heterocycles. The van der Waals surface area contributed by atoms with Crippen LogP contribution >= 0.6 is 0 Å². The second-order valence-electron chi connectivity index (χ2n) is 3.25. The van der Waals surface area contributed by atoms with Crippen molar-refractivity contribution in [3.63, 3.8) is 0 Å². The van der Waals surface area contributed by atoms with Crippen LogP contribution in [0, 0.1) is 5.92 Å². The van der Waals surface area contributed by atoms with Gasteiger partial charge in [0, 0.05) is 12.7 Å². The summed E-state index contributed by atoms with van der Waals surface area (Å²) in [5.74, 6) is -1.58. The van der Waals surface area contributed by atoms with Gasteiger partial charge in [0.1, 0.15) is 5.69 Å². The number of nitrogens with zero attached hydrogens (tertiary/aromatic N) is 1. The van der Waals surface area contributed by atoms with Crippen LogP contribution in [0.2, 0.25) is 0 Å². The molecule has 0 aliphatic rings. The molecule has 1 atom stereocenters. The van der Waals surface area contributed by atoms with Gasteiger partial charge < -0.3 is 10.4 Å². The molecule has 1 rings (SSSR count). The summed E-state index contributed by atoms with van der Waals surface area (Å²) in [6.45, 7) is 1.94. The topological polar surface area (TPSA) is 95.1 Å². The van der Waals surface area contributed by atoms with Crippen molar-refractivity contribution in [2.45, 2.75) is 13.3 Å². The maximum atomic E-state index is 11.3. The van der Waals surface area contributed by atoms with Gasteiger partial charge in [-0.2, -0.15) is 5.10 Å². The highest BCUT2D eigenvalue weighted by atomic mass is 16.4. The Kier molecular flexibility index (Phi) is 3.84. The first-order valence-corrected chi connectivity index (χ1v) is 4.61. The molecule has 0 aliphatic heterocycles. The number of carboxylic acids is 1. The summed E-state index contributed by atoms with van der Waals surface area (Å²) in [6.07, 6.45) is 1.89. The molecule has 1 aromatic rings. The third-order valence-electron chi connectivity index (χ3n) is 2.03. The van der Waals surface area contributed by atoms with Gasteiger partial charge in [-0.1, -0.05) is 6.92 Å². The van der Waals surface area contributed by atoms with Gasteiger partial charge in [-0.05, 0) is 12.5 Å². The average molecular weight is 211 g/mol. The molecule has 0 aliphatic carbocycles. The van der Waals surface area contributed by atoms with Crippen molar-refractivity contribution in [2.75, 3.05) is 6.54 Å². The smallest absolute Gasteiger partial charge is 0.306 e. The van der Waals surface area contributed by atoms with Gasteiger partial charge in [-0.3, -0.25) is 14.7 Å². The zero-order valence-corrected chi connectivity index (χ0v) is 8.36. The zero-order chi connectivity index (χ0) is 11.3. The summed E-state index contributed by atoms with van der Waals surface area (Å²) in [4.78, 5) is 21.8. The Bertz CT molecular complexity index is 334. The number of hydrogen-bond donors (Lipinski definition) is 3. The monoisotopic (exact) mass is 211 g/mol. The predicted molar refractivity (Wildman–Crippen MR) is 52.3 cm³/mol. The molecule has 0 saturated heterocycles. The van der Waals surface area contributed by atoms with E-state index in [0.717, 1.165) is 0 Å². The SMILES string of the molecule is CC(CCNC(=O)c1ccn[nH]1)C(=O)O.